The first-order chi connectivity index (χ1) is 12.9. The zero-order valence-electron chi connectivity index (χ0n) is 14.4. The van der Waals surface area contributed by atoms with Gasteiger partial charge in [0.15, 0.2) is 0 Å². The van der Waals surface area contributed by atoms with Crippen molar-refractivity contribution >= 4 is 27.3 Å². The predicted molar refractivity (Wildman–Crippen MR) is 101 cm³/mol. The maximum atomic E-state index is 13.3. The predicted octanol–water partition coefficient (Wildman–Crippen LogP) is 2.63. The molecule has 0 radical (unpaired) electrons. The summed E-state index contributed by atoms with van der Waals surface area (Å²) in [5, 5.41) is -0.192. The Labute approximate surface area is 161 Å². The lowest BCUT2D eigenvalue weighted by molar-refractivity contribution is 0.179. The van der Waals surface area contributed by atoms with Crippen LogP contribution in [0.1, 0.15) is 5.69 Å². The molecule has 0 spiro atoms. The third kappa shape index (κ3) is 3.58. The summed E-state index contributed by atoms with van der Waals surface area (Å²) in [6.45, 7) is 2.64. The molecule has 1 saturated heterocycles. The molecule has 0 N–H and O–H groups in total. The molecule has 1 fully saturated rings. The van der Waals surface area contributed by atoms with E-state index in [9.17, 15) is 12.8 Å². The molecule has 27 heavy (non-hydrogen) atoms. The molecule has 0 unspecified atom stereocenters. The molecule has 0 aliphatic carbocycles. The topological polar surface area (TPSA) is 57.9 Å². The van der Waals surface area contributed by atoms with Crippen LogP contribution in [0.25, 0.3) is 5.65 Å². The van der Waals surface area contributed by atoms with Crippen LogP contribution in [0.5, 0.6) is 0 Å². The Bertz CT molecular complexity index is 1080. The van der Waals surface area contributed by atoms with Crippen LogP contribution in [0.2, 0.25) is 5.02 Å². The van der Waals surface area contributed by atoms with Gasteiger partial charge in [-0.2, -0.15) is 4.31 Å². The van der Waals surface area contributed by atoms with E-state index < -0.39 is 15.8 Å². The van der Waals surface area contributed by atoms with Crippen LogP contribution >= 0.6 is 11.6 Å². The standard InChI is InChI=1S/C18H18ClFN4O2S/c19-16-11-15(4-5-17(16)20)27(25,26)23-9-7-22(8-10-23)13-14-12-21-18-3-1-2-6-24(14)18/h1-6,11-12H,7-10,13H2. The Hall–Kier alpha value is -2.00. The monoisotopic (exact) mass is 408 g/mol. The van der Waals surface area contributed by atoms with Gasteiger partial charge in [0.1, 0.15) is 11.5 Å². The molecule has 2 aromatic heterocycles. The summed E-state index contributed by atoms with van der Waals surface area (Å²) >= 11 is 5.73. The van der Waals surface area contributed by atoms with Crippen molar-refractivity contribution < 1.29 is 12.8 Å². The van der Waals surface area contributed by atoms with E-state index in [1.54, 1.807) is 0 Å². The molecule has 0 saturated carbocycles. The van der Waals surface area contributed by atoms with Crippen LogP contribution < -0.4 is 0 Å². The lowest BCUT2D eigenvalue weighted by Gasteiger charge is -2.33. The molecule has 3 heterocycles. The Balaban J connectivity index is 1.44. The number of hydrogen-bond donors (Lipinski definition) is 0. The van der Waals surface area contributed by atoms with Crippen LogP contribution in [0.15, 0.2) is 53.7 Å². The second-order valence-electron chi connectivity index (χ2n) is 6.43. The number of hydrogen-bond acceptors (Lipinski definition) is 4. The van der Waals surface area contributed by atoms with Gasteiger partial charge in [-0.15, -0.1) is 0 Å². The average molecular weight is 409 g/mol. The molecule has 1 aromatic carbocycles. The van der Waals surface area contributed by atoms with Crippen LogP contribution in [0.3, 0.4) is 0 Å². The second-order valence-corrected chi connectivity index (χ2v) is 8.78. The molecule has 0 amide bonds. The molecule has 0 atom stereocenters. The second kappa shape index (κ2) is 7.20. The van der Waals surface area contributed by atoms with Crippen LogP contribution in [-0.4, -0.2) is 53.2 Å². The van der Waals surface area contributed by atoms with Gasteiger partial charge < -0.3 is 4.40 Å². The lowest BCUT2D eigenvalue weighted by atomic mass is 10.3. The third-order valence-electron chi connectivity index (χ3n) is 4.74. The van der Waals surface area contributed by atoms with Crippen molar-refractivity contribution in [2.24, 2.45) is 0 Å². The van der Waals surface area contributed by atoms with Crippen LogP contribution in [0, 0.1) is 5.82 Å². The number of halogens is 2. The number of imidazole rings is 1. The van der Waals surface area contributed by atoms with Gasteiger partial charge in [-0.25, -0.2) is 17.8 Å². The molecule has 142 valence electrons. The molecular weight excluding hydrogens is 391 g/mol. The molecule has 1 aliphatic heterocycles. The number of sulfonamides is 1. The van der Waals surface area contributed by atoms with E-state index in [1.165, 1.54) is 10.4 Å². The fourth-order valence-corrected chi connectivity index (χ4v) is 4.94. The van der Waals surface area contributed by atoms with E-state index >= 15 is 0 Å². The normalized spacial score (nSPS) is 16.8. The van der Waals surface area contributed by atoms with Gasteiger partial charge in [0.25, 0.3) is 0 Å². The summed E-state index contributed by atoms with van der Waals surface area (Å²) in [6.07, 6.45) is 3.82. The van der Waals surface area contributed by atoms with E-state index in [1.807, 2.05) is 35.0 Å². The van der Waals surface area contributed by atoms with Crippen molar-refractivity contribution in [3.63, 3.8) is 0 Å². The van der Waals surface area contributed by atoms with Gasteiger partial charge >= 0.3 is 0 Å². The van der Waals surface area contributed by atoms with Crippen molar-refractivity contribution in [2.45, 2.75) is 11.4 Å². The fraction of sp³-hybridized carbons (Fsp3) is 0.278. The summed E-state index contributed by atoms with van der Waals surface area (Å²) < 4.78 is 42.3. The molecular formula is C18H18ClFN4O2S. The number of piperazine rings is 1. The quantitative estimate of drug-likeness (QED) is 0.666. The number of rotatable bonds is 4. The third-order valence-corrected chi connectivity index (χ3v) is 6.92. The van der Waals surface area contributed by atoms with Crippen molar-refractivity contribution in [3.8, 4) is 0 Å². The van der Waals surface area contributed by atoms with Gasteiger partial charge in [0.2, 0.25) is 10.0 Å². The minimum Gasteiger partial charge on any atom is -0.303 e. The van der Waals surface area contributed by atoms with Crippen LogP contribution in [0.4, 0.5) is 4.39 Å². The highest BCUT2D eigenvalue weighted by atomic mass is 35.5. The first-order valence-corrected chi connectivity index (χ1v) is 10.4. The first kappa shape index (κ1) is 18.4. The number of nitrogens with zero attached hydrogens (tertiary/aromatic N) is 4. The van der Waals surface area contributed by atoms with Gasteiger partial charge in [-0.05, 0) is 30.3 Å². The smallest absolute Gasteiger partial charge is 0.243 e. The Morgan fingerprint density at radius 1 is 1.11 bits per heavy atom. The van der Waals surface area contributed by atoms with Gasteiger partial charge in [-0.3, -0.25) is 4.90 Å². The SMILES string of the molecule is O=S(=O)(c1ccc(F)c(Cl)c1)N1CCN(Cc2cnc3ccccn23)CC1. The van der Waals surface area contributed by atoms with E-state index in [2.05, 4.69) is 9.88 Å². The summed E-state index contributed by atoms with van der Waals surface area (Å²) in [5.74, 6) is -0.631. The molecule has 3 aromatic rings. The fourth-order valence-electron chi connectivity index (χ4n) is 3.25. The number of benzene rings is 1. The average Bonchev–Trinajstić information content (AvgIpc) is 3.07. The van der Waals surface area contributed by atoms with E-state index in [0.29, 0.717) is 32.7 Å². The van der Waals surface area contributed by atoms with Crippen molar-refractivity contribution in [1.29, 1.82) is 0 Å². The summed E-state index contributed by atoms with van der Waals surface area (Å²) in [4.78, 5) is 6.59. The first-order valence-electron chi connectivity index (χ1n) is 8.54. The highest BCUT2D eigenvalue weighted by Gasteiger charge is 2.29. The van der Waals surface area contributed by atoms with Crippen molar-refractivity contribution in [1.82, 2.24) is 18.6 Å². The van der Waals surface area contributed by atoms with Crippen molar-refractivity contribution in [3.05, 3.63) is 65.3 Å². The lowest BCUT2D eigenvalue weighted by Crippen LogP contribution is -2.48. The maximum Gasteiger partial charge on any atom is 0.243 e. The van der Waals surface area contributed by atoms with E-state index in [0.717, 1.165) is 23.5 Å². The zero-order chi connectivity index (χ0) is 19.0. The molecule has 1 aliphatic rings. The Morgan fingerprint density at radius 3 is 2.63 bits per heavy atom. The number of aromatic nitrogens is 2. The van der Waals surface area contributed by atoms with E-state index in [-0.39, 0.29) is 9.92 Å². The Morgan fingerprint density at radius 2 is 1.89 bits per heavy atom. The van der Waals surface area contributed by atoms with Gasteiger partial charge in [-0.1, -0.05) is 17.7 Å². The minimum atomic E-state index is -3.68. The van der Waals surface area contributed by atoms with Crippen LogP contribution in [-0.2, 0) is 16.6 Å². The summed E-state index contributed by atoms with van der Waals surface area (Å²) in [5.41, 5.74) is 1.95. The summed E-state index contributed by atoms with van der Waals surface area (Å²) in [7, 11) is -3.68. The number of pyridine rings is 1. The van der Waals surface area contributed by atoms with E-state index in [4.69, 9.17) is 11.6 Å². The van der Waals surface area contributed by atoms with Crippen molar-refractivity contribution in [2.75, 3.05) is 26.2 Å². The van der Waals surface area contributed by atoms with Gasteiger partial charge in [0.05, 0.1) is 21.8 Å². The minimum absolute atomic E-state index is 0.0177. The molecule has 9 heteroatoms. The highest BCUT2D eigenvalue weighted by molar-refractivity contribution is 7.89. The summed E-state index contributed by atoms with van der Waals surface area (Å²) in [6, 6.07) is 9.34. The van der Waals surface area contributed by atoms with Gasteiger partial charge in [0, 0.05) is 38.9 Å². The largest absolute Gasteiger partial charge is 0.303 e. The maximum absolute atomic E-state index is 13.3. The Kier molecular flexibility index (Phi) is 4.90. The molecule has 4 rings (SSSR count). The number of fused-ring (bicyclic) bond motifs is 1. The molecule has 0 bridgehead atoms. The molecule has 6 nitrogen and oxygen atoms in total. The highest BCUT2D eigenvalue weighted by Crippen LogP contribution is 2.23. The zero-order valence-corrected chi connectivity index (χ0v) is 16.0.